The van der Waals surface area contributed by atoms with Gasteiger partial charge in [-0.1, -0.05) is 99.7 Å². The highest BCUT2D eigenvalue weighted by molar-refractivity contribution is 9.10. The van der Waals surface area contributed by atoms with Crippen molar-refractivity contribution in [2.24, 2.45) is 29.4 Å². The number of carbonyl (C=O) groups is 20. The van der Waals surface area contributed by atoms with E-state index in [1.54, 1.807) is 32.2 Å². The zero-order valence-corrected chi connectivity index (χ0v) is 69.2. The molecule has 17 N–H and O–H groups in total. The quantitative estimate of drug-likeness (QED) is 0.0121. The normalized spacial score (nSPS) is 21.0. The lowest BCUT2D eigenvalue weighted by Crippen LogP contribution is -2.57. The van der Waals surface area contributed by atoms with Crippen molar-refractivity contribution >= 4 is 151 Å². The molecule has 13 atom stereocenters. The topological polar surface area (TPSA) is 604 Å². The van der Waals surface area contributed by atoms with E-state index < -0.39 is 262 Å². The molecule has 0 radical (unpaired) electrons. The number of rotatable bonds is 40. The third kappa shape index (κ3) is 34.5. The molecule has 1 saturated heterocycles. The number of benzene rings is 2. The first kappa shape index (κ1) is 99.8. The number of Topliss-reactive ketones (excluding diaryl/α,β-unsaturated/α-hetero) is 4. The molecule has 654 valence electrons. The van der Waals surface area contributed by atoms with Gasteiger partial charge in [-0.15, -0.1) is 0 Å². The Morgan fingerprint density at radius 2 is 1.28 bits per heavy atom. The fourth-order valence-corrected chi connectivity index (χ4v) is 13.3. The largest absolute Gasteiger partial charge is 0.481 e. The van der Waals surface area contributed by atoms with Crippen LogP contribution >= 0.6 is 15.9 Å². The van der Waals surface area contributed by atoms with Gasteiger partial charge in [0.05, 0.1) is 56.5 Å². The summed E-state index contributed by atoms with van der Waals surface area (Å²) in [5, 5.41) is 57.8. The lowest BCUT2D eigenvalue weighted by Gasteiger charge is -2.29. The molecule has 2 heterocycles. The standard InChI is InChI=1S/C79H110BrN13O26/c1-8-11-13-14-15-16-17-19-66(102)88-57(26-47-34-83-53-22-20-42(4)24-51(47)53)77(114)90-56(33-65(81)101)63(99)27-46(29-70(107)108)73(110)93-71-45(7)119-79(116)58(32-61(97)52-30-49(80)21-23-54(52)82-10-3)91-75(112)50(43(5)25-69(105)106)31-64(100)59(37-94)89-68(104)35-84-76(113)60(39-118-41-96)92-72(109)44(6)86-74(111)48(38-117-40-95)28-62(98)55(18-12-9-2)87-67(103)36-85-78(71)115/h20-24,30,34,40-41,43-46,48,50,55-60,71,82-83,94H,8-19,25-29,31-33,35-39H2,1-7H3,(H2,81,101)(H,84,113)(H,85,115)(H,86,111)(H,87,103)(H,88,102)(H,89,104)(H,90,114)(H,91,112)(H,92,109)(H,93,110)(H,105,106)(H,107,108)/t43-,44-,45-,46+,48+,50+,55+,56-,57+,58+,59-,60+,71+/m1/s1. The number of carboxylic acids is 2. The second kappa shape index (κ2) is 51.6. The number of esters is 1. The number of cyclic esters (lactones) is 1. The van der Waals surface area contributed by atoms with Crippen LogP contribution in [0.4, 0.5) is 5.69 Å². The number of unbranched alkanes of at least 4 members (excludes halogenated alkanes) is 7. The molecule has 0 unspecified atom stereocenters. The summed E-state index contributed by atoms with van der Waals surface area (Å²) in [4.78, 5) is 279. The first-order valence-corrected chi connectivity index (χ1v) is 40.1. The van der Waals surface area contributed by atoms with Crippen LogP contribution < -0.4 is 64.2 Å². The fourth-order valence-electron chi connectivity index (χ4n) is 12.9. The van der Waals surface area contributed by atoms with Crippen molar-refractivity contribution in [3.63, 3.8) is 0 Å². The first-order valence-electron chi connectivity index (χ1n) is 39.3. The van der Waals surface area contributed by atoms with Gasteiger partial charge in [-0.25, -0.2) is 4.79 Å². The van der Waals surface area contributed by atoms with E-state index in [0.29, 0.717) is 40.2 Å². The number of ether oxygens (including phenoxy) is 3. The maximum absolute atomic E-state index is 15.1. The van der Waals surface area contributed by atoms with Crippen molar-refractivity contribution in [3.8, 4) is 0 Å². The number of aliphatic hydroxyl groups is 1. The Bertz CT molecular complexity index is 4120. The van der Waals surface area contributed by atoms with E-state index in [1.165, 1.54) is 19.1 Å². The summed E-state index contributed by atoms with van der Waals surface area (Å²) in [7, 11) is 0. The molecule has 0 spiro atoms. The van der Waals surface area contributed by atoms with Gasteiger partial charge < -0.3 is 98.7 Å². The van der Waals surface area contributed by atoms with Gasteiger partial charge in [0.15, 0.2) is 23.1 Å². The SMILES string of the molecule is CCCCCCCCCC(=O)N[C@@H](Cc1c[nH]c2ccc(C)cc12)C(=O)N[C@H](CC(N)=O)C(=O)C[C@@H](CC(=O)O)C(=O)N[C@@H]1C(=O)NCC(=O)N[C@@H](CCCC)C(=O)C[C@@H](COC=O)C(=O)N[C@H](C)C(=O)N[C@@H](COC=O)C(=O)NCC(=O)N[C@H](CO)C(=O)C[C@@H]([C@H](C)CC(=O)O)C(=O)N[C@@H](CC(=O)c2cc(Br)ccc2NCC)C(=O)O[C@@H]1C. The summed E-state index contributed by atoms with van der Waals surface area (Å²) in [5.41, 5.74) is 7.83. The molecular formula is C79H110BrN13O26. The van der Waals surface area contributed by atoms with E-state index in [-0.39, 0.29) is 56.4 Å². The second-order valence-corrected chi connectivity index (χ2v) is 30.1. The number of nitrogens with one attached hydrogen (secondary N) is 12. The Hall–Kier alpha value is -11.6. The smallest absolute Gasteiger partial charge is 0.329 e. The summed E-state index contributed by atoms with van der Waals surface area (Å²) in [6, 6.07) is -4.95. The molecule has 3 aromatic rings. The van der Waals surface area contributed by atoms with Gasteiger partial charge in [-0.05, 0) is 82.3 Å². The number of hydrogen-bond acceptors (Lipinski definition) is 25. The maximum atomic E-state index is 15.1. The number of ketones is 4. The third-order valence-corrected chi connectivity index (χ3v) is 20.0. The van der Waals surface area contributed by atoms with Crippen molar-refractivity contribution in [1.82, 2.24) is 58.2 Å². The molecule has 0 saturated carbocycles. The van der Waals surface area contributed by atoms with Gasteiger partial charge in [0.2, 0.25) is 65.0 Å². The number of nitrogens with two attached hydrogens (primary N) is 1. The molecule has 11 amide bonds. The highest BCUT2D eigenvalue weighted by atomic mass is 79.9. The number of aromatic amines is 1. The molecule has 1 aliphatic rings. The molecule has 119 heavy (non-hydrogen) atoms. The van der Waals surface area contributed by atoms with E-state index in [2.05, 4.69) is 86.3 Å². The lowest BCUT2D eigenvalue weighted by molar-refractivity contribution is -0.156. The van der Waals surface area contributed by atoms with Gasteiger partial charge in [0.25, 0.3) is 12.9 Å². The minimum Gasteiger partial charge on any atom is -0.481 e. The van der Waals surface area contributed by atoms with E-state index >= 15 is 4.79 Å². The Kier molecular flexibility index (Phi) is 43.3. The Morgan fingerprint density at radius 1 is 0.655 bits per heavy atom. The van der Waals surface area contributed by atoms with Crippen LogP contribution in [0.3, 0.4) is 0 Å². The van der Waals surface area contributed by atoms with Crippen molar-refractivity contribution < 1.29 is 125 Å². The van der Waals surface area contributed by atoms with Crippen molar-refractivity contribution in [2.45, 2.75) is 225 Å². The molecule has 4 rings (SSSR count). The van der Waals surface area contributed by atoms with Crippen LogP contribution in [0.1, 0.15) is 179 Å². The summed E-state index contributed by atoms with van der Waals surface area (Å²) >= 11 is 3.31. The van der Waals surface area contributed by atoms with Crippen molar-refractivity contribution in [1.29, 1.82) is 0 Å². The van der Waals surface area contributed by atoms with Gasteiger partial charge in [0.1, 0.15) is 55.6 Å². The number of halogens is 1. The number of aliphatic hydroxyl groups excluding tert-OH is 1. The van der Waals surface area contributed by atoms with E-state index in [9.17, 15) is 106 Å². The van der Waals surface area contributed by atoms with Gasteiger partial charge in [-0.2, -0.15) is 0 Å². The van der Waals surface area contributed by atoms with Crippen LogP contribution in [0.15, 0.2) is 47.1 Å². The molecule has 2 aromatic carbocycles. The zero-order valence-electron chi connectivity index (χ0n) is 67.6. The highest BCUT2D eigenvalue weighted by Crippen LogP contribution is 2.27. The summed E-state index contributed by atoms with van der Waals surface area (Å²) in [6.07, 6.45) is -1.25. The number of fused-ring (bicyclic) bond motifs is 1. The predicted octanol–water partition coefficient (Wildman–Crippen LogP) is 0.418. The molecule has 40 heteroatoms. The van der Waals surface area contributed by atoms with Crippen LogP contribution in [-0.2, 0) is 112 Å². The number of H-pyrrole nitrogens is 1. The van der Waals surface area contributed by atoms with E-state index in [4.69, 9.17) is 19.9 Å². The van der Waals surface area contributed by atoms with Crippen LogP contribution in [0.25, 0.3) is 10.9 Å². The first-order chi connectivity index (χ1) is 56.5. The molecule has 0 aliphatic carbocycles. The molecular weight excluding hydrogens is 1630 g/mol. The number of primary amides is 1. The third-order valence-electron chi connectivity index (χ3n) is 19.5. The number of aliphatic carboxylic acids is 2. The summed E-state index contributed by atoms with van der Waals surface area (Å²) in [5.74, 6) is -28.8. The highest BCUT2D eigenvalue weighted by Gasteiger charge is 2.41. The molecule has 39 nitrogen and oxygen atoms in total. The van der Waals surface area contributed by atoms with Crippen LogP contribution in [0.5, 0.6) is 0 Å². The Labute approximate surface area is 694 Å². The number of aryl methyl sites for hydroxylation is 1. The summed E-state index contributed by atoms with van der Waals surface area (Å²) in [6.45, 7) is 5.62. The minimum absolute atomic E-state index is 0.00809. The summed E-state index contributed by atoms with van der Waals surface area (Å²) < 4.78 is 15.7. The number of anilines is 1. The Balaban J connectivity index is 1.91. The zero-order chi connectivity index (χ0) is 88.6. The number of carbonyl (C=O) groups excluding carboxylic acids is 18. The number of aromatic nitrogens is 1. The minimum atomic E-state index is -2.35. The van der Waals surface area contributed by atoms with Crippen LogP contribution in [0.2, 0.25) is 0 Å². The second-order valence-electron chi connectivity index (χ2n) is 29.2. The average Bonchev–Trinajstić information content (AvgIpc) is 1.71. The van der Waals surface area contributed by atoms with Crippen LogP contribution in [-0.4, -0.2) is 233 Å². The average molecular weight is 1740 g/mol. The molecule has 0 bridgehead atoms. The number of amides is 11. The molecule has 1 aromatic heterocycles. The van der Waals surface area contributed by atoms with E-state index in [1.807, 2.05) is 19.1 Å². The van der Waals surface area contributed by atoms with Gasteiger partial charge >= 0.3 is 17.9 Å². The van der Waals surface area contributed by atoms with Crippen molar-refractivity contribution in [2.75, 3.05) is 44.8 Å². The van der Waals surface area contributed by atoms with Crippen molar-refractivity contribution in [3.05, 3.63) is 63.8 Å². The lowest BCUT2D eigenvalue weighted by atomic mass is 9.84. The van der Waals surface area contributed by atoms with E-state index in [0.717, 1.165) is 51.5 Å². The van der Waals surface area contributed by atoms with Gasteiger partial charge in [0, 0.05) is 90.2 Å². The molecule has 1 aliphatic heterocycles. The maximum Gasteiger partial charge on any atom is 0.329 e. The monoisotopic (exact) mass is 1740 g/mol. The molecule has 1 fully saturated rings. The van der Waals surface area contributed by atoms with Crippen LogP contribution in [0, 0.1) is 30.6 Å². The Morgan fingerprint density at radius 3 is 1.91 bits per heavy atom. The number of carboxylic acid groups (broad SMARTS) is 2. The number of hydrogen-bond donors (Lipinski definition) is 16. The predicted molar refractivity (Wildman–Crippen MR) is 427 cm³/mol. The fraction of sp³-hybridized carbons (Fsp3) is 0.570. The van der Waals surface area contributed by atoms with Gasteiger partial charge in [-0.3, -0.25) is 91.1 Å².